The van der Waals surface area contributed by atoms with Gasteiger partial charge in [-0.05, 0) is 12.3 Å². The number of aliphatic hydroxyl groups is 1. The van der Waals surface area contributed by atoms with Crippen LogP contribution >= 0.6 is 12.4 Å². The number of hydrogen-bond acceptors (Lipinski definition) is 2. The van der Waals surface area contributed by atoms with Gasteiger partial charge in [-0.3, -0.25) is 0 Å². The lowest BCUT2D eigenvalue weighted by molar-refractivity contribution is -0.0739. The quantitative estimate of drug-likeness (QED) is 0.726. The molecule has 0 spiro atoms. The largest absolute Gasteiger partial charge is 0.390 e. The van der Waals surface area contributed by atoms with Crippen molar-refractivity contribution in [3.8, 4) is 0 Å². The number of halogens is 3. The van der Waals surface area contributed by atoms with Crippen molar-refractivity contribution in [1.29, 1.82) is 0 Å². The smallest absolute Gasteiger partial charge is 0.285 e. The van der Waals surface area contributed by atoms with Gasteiger partial charge in [-0.25, -0.2) is 8.78 Å². The molecular weight excluding hydrogens is 188 g/mol. The van der Waals surface area contributed by atoms with Gasteiger partial charge in [0.05, 0.1) is 6.04 Å². The van der Waals surface area contributed by atoms with E-state index in [9.17, 15) is 8.78 Å². The fraction of sp³-hybridized carbons (Fsp3) is 1.00. The average Bonchev–Trinajstić information content (AvgIpc) is 1.86. The Morgan fingerprint density at radius 2 is 1.83 bits per heavy atom. The molecule has 0 aliphatic carbocycles. The maximum absolute atomic E-state index is 12.5. The molecule has 0 heterocycles. The van der Waals surface area contributed by atoms with Crippen molar-refractivity contribution in [2.75, 3.05) is 6.61 Å². The summed E-state index contributed by atoms with van der Waals surface area (Å²) < 4.78 is 25.1. The maximum atomic E-state index is 12.5. The topological polar surface area (TPSA) is 46.2 Å². The normalized spacial score (nSPS) is 14.2. The second-order valence-electron chi connectivity index (χ2n) is 3.16. The fourth-order valence-corrected chi connectivity index (χ4v) is 0.798. The van der Waals surface area contributed by atoms with E-state index in [-0.39, 0.29) is 24.7 Å². The number of hydrogen-bond donors (Lipinski definition) is 2. The number of nitrogens with two attached hydrogens (primary N) is 1. The first-order chi connectivity index (χ1) is 4.90. The Morgan fingerprint density at radius 3 is 2.08 bits per heavy atom. The highest BCUT2D eigenvalue weighted by Gasteiger charge is 2.36. The molecule has 0 aromatic rings. The molecule has 0 aliphatic heterocycles. The average molecular weight is 204 g/mol. The standard InChI is InChI=1S/C7H15F2NO.ClH/c1-5(2)3-6(10)7(8,9)4-11;/h5-6,11H,3-4,10H2,1-2H3;1H/t6-;/m0./s1. The first kappa shape index (κ1) is 14.6. The summed E-state index contributed by atoms with van der Waals surface area (Å²) in [5.41, 5.74) is 5.15. The van der Waals surface area contributed by atoms with Crippen molar-refractivity contribution in [2.45, 2.75) is 32.2 Å². The van der Waals surface area contributed by atoms with Gasteiger partial charge in [0.1, 0.15) is 6.61 Å². The van der Waals surface area contributed by atoms with Crippen LogP contribution < -0.4 is 5.73 Å². The lowest BCUT2D eigenvalue weighted by Gasteiger charge is -2.22. The van der Waals surface area contributed by atoms with Gasteiger partial charge in [-0.1, -0.05) is 13.8 Å². The van der Waals surface area contributed by atoms with Gasteiger partial charge in [0.25, 0.3) is 5.92 Å². The summed E-state index contributed by atoms with van der Waals surface area (Å²) in [6.45, 7) is 2.46. The molecule has 0 bridgehead atoms. The minimum Gasteiger partial charge on any atom is -0.390 e. The summed E-state index contributed by atoms with van der Waals surface area (Å²) in [7, 11) is 0. The molecular formula is C7H16ClF2NO. The summed E-state index contributed by atoms with van der Waals surface area (Å²) in [5, 5.41) is 8.25. The van der Waals surface area contributed by atoms with Crippen LogP contribution in [-0.2, 0) is 0 Å². The third-order valence-corrected chi connectivity index (χ3v) is 1.48. The molecule has 5 heteroatoms. The molecule has 0 rings (SSSR count). The van der Waals surface area contributed by atoms with Gasteiger partial charge in [0, 0.05) is 0 Å². The lowest BCUT2D eigenvalue weighted by Crippen LogP contribution is -2.44. The monoisotopic (exact) mass is 203 g/mol. The van der Waals surface area contributed by atoms with Crippen LogP contribution in [0.4, 0.5) is 8.78 Å². The minimum atomic E-state index is -3.13. The second-order valence-corrected chi connectivity index (χ2v) is 3.16. The van der Waals surface area contributed by atoms with E-state index in [4.69, 9.17) is 10.8 Å². The van der Waals surface area contributed by atoms with E-state index in [2.05, 4.69) is 0 Å². The predicted molar refractivity (Wildman–Crippen MR) is 46.7 cm³/mol. The Labute approximate surface area is 77.5 Å². The Hall–Kier alpha value is 0.0700. The minimum absolute atomic E-state index is 0. The van der Waals surface area contributed by atoms with Crippen LogP contribution in [0.1, 0.15) is 20.3 Å². The molecule has 12 heavy (non-hydrogen) atoms. The molecule has 0 aliphatic rings. The van der Waals surface area contributed by atoms with Crippen LogP contribution in [0.5, 0.6) is 0 Å². The third kappa shape index (κ3) is 4.85. The summed E-state index contributed by atoms with van der Waals surface area (Å²) in [6, 6.07) is -1.23. The summed E-state index contributed by atoms with van der Waals surface area (Å²) in [6.07, 6.45) is 0.230. The van der Waals surface area contributed by atoms with Crippen molar-refractivity contribution in [1.82, 2.24) is 0 Å². The van der Waals surface area contributed by atoms with E-state index in [0.717, 1.165) is 0 Å². The summed E-state index contributed by atoms with van der Waals surface area (Å²) in [4.78, 5) is 0. The number of aliphatic hydroxyl groups excluding tert-OH is 1. The molecule has 0 fully saturated rings. The highest BCUT2D eigenvalue weighted by Crippen LogP contribution is 2.20. The van der Waals surface area contributed by atoms with E-state index in [1.807, 2.05) is 13.8 Å². The third-order valence-electron chi connectivity index (χ3n) is 1.48. The Bertz CT molecular complexity index is 122. The molecule has 0 amide bonds. The maximum Gasteiger partial charge on any atom is 0.285 e. The van der Waals surface area contributed by atoms with Crippen LogP contribution in [0.25, 0.3) is 0 Å². The van der Waals surface area contributed by atoms with Crippen molar-refractivity contribution >= 4 is 12.4 Å². The SMILES string of the molecule is CC(C)C[C@H](N)C(F)(F)CO.Cl. The van der Waals surface area contributed by atoms with Gasteiger partial charge in [-0.15, -0.1) is 12.4 Å². The zero-order chi connectivity index (χ0) is 9.07. The van der Waals surface area contributed by atoms with Crippen LogP contribution in [-0.4, -0.2) is 23.7 Å². The van der Waals surface area contributed by atoms with E-state index >= 15 is 0 Å². The zero-order valence-electron chi connectivity index (χ0n) is 7.26. The van der Waals surface area contributed by atoms with Gasteiger partial charge in [0.15, 0.2) is 0 Å². The Morgan fingerprint density at radius 1 is 1.42 bits per heavy atom. The van der Waals surface area contributed by atoms with E-state index < -0.39 is 18.6 Å². The highest BCUT2D eigenvalue weighted by molar-refractivity contribution is 5.85. The molecule has 0 saturated carbocycles. The fourth-order valence-electron chi connectivity index (χ4n) is 0.798. The van der Waals surface area contributed by atoms with Gasteiger partial charge in [0.2, 0.25) is 0 Å². The van der Waals surface area contributed by atoms with E-state index in [1.54, 1.807) is 0 Å². The molecule has 0 aromatic carbocycles. The summed E-state index contributed by atoms with van der Waals surface area (Å²) in [5.74, 6) is -3.01. The molecule has 0 saturated heterocycles. The first-order valence-corrected chi connectivity index (χ1v) is 3.64. The van der Waals surface area contributed by atoms with E-state index in [1.165, 1.54) is 0 Å². The van der Waals surface area contributed by atoms with Crippen LogP contribution in [0.3, 0.4) is 0 Å². The lowest BCUT2D eigenvalue weighted by atomic mass is 10.00. The molecule has 0 radical (unpaired) electrons. The van der Waals surface area contributed by atoms with Crippen LogP contribution in [0, 0.1) is 5.92 Å². The van der Waals surface area contributed by atoms with Gasteiger partial charge < -0.3 is 10.8 Å². The van der Waals surface area contributed by atoms with Crippen LogP contribution in [0.15, 0.2) is 0 Å². The Balaban J connectivity index is 0. The summed E-state index contributed by atoms with van der Waals surface area (Å²) >= 11 is 0. The number of alkyl halides is 2. The molecule has 0 unspecified atom stereocenters. The van der Waals surface area contributed by atoms with Crippen molar-refractivity contribution in [3.05, 3.63) is 0 Å². The van der Waals surface area contributed by atoms with Crippen molar-refractivity contribution in [3.63, 3.8) is 0 Å². The van der Waals surface area contributed by atoms with E-state index in [0.29, 0.717) is 0 Å². The molecule has 3 N–H and O–H groups in total. The van der Waals surface area contributed by atoms with Crippen LogP contribution in [0.2, 0.25) is 0 Å². The van der Waals surface area contributed by atoms with Crippen molar-refractivity contribution in [2.24, 2.45) is 11.7 Å². The second kappa shape index (κ2) is 5.67. The number of rotatable bonds is 4. The van der Waals surface area contributed by atoms with Gasteiger partial charge >= 0.3 is 0 Å². The molecule has 1 atom stereocenters. The molecule has 2 nitrogen and oxygen atoms in total. The predicted octanol–water partition coefficient (Wildman–Crippen LogP) is 1.41. The Kier molecular flexibility index (Phi) is 6.89. The zero-order valence-corrected chi connectivity index (χ0v) is 8.07. The first-order valence-electron chi connectivity index (χ1n) is 3.64. The highest BCUT2D eigenvalue weighted by atomic mass is 35.5. The van der Waals surface area contributed by atoms with Gasteiger partial charge in [-0.2, -0.15) is 0 Å². The molecule has 0 aromatic heterocycles. The van der Waals surface area contributed by atoms with Crippen molar-refractivity contribution < 1.29 is 13.9 Å². The molecule has 76 valence electrons.